The number of nitrogens with two attached hydrogens (primary N) is 1. The van der Waals surface area contributed by atoms with Crippen LogP contribution in [0.15, 0.2) is 16.5 Å². The predicted octanol–water partition coefficient (Wildman–Crippen LogP) is 2.32. The van der Waals surface area contributed by atoms with E-state index in [0.29, 0.717) is 0 Å². The van der Waals surface area contributed by atoms with Crippen molar-refractivity contribution in [1.29, 1.82) is 0 Å². The van der Waals surface area contributed by atoms with Crippen molar-refractivity contribution in [2.45, 2.75) is 26.8 Å². The molecular formula is C12H17N3O. The first kappa shape index (κ1) is 11.0. The Morgan fingerprint density at radius 1 is 1.38 bits per heavy atom. The second-order valence-electron chi connectivity index (χ2n) is 4.16. The molecule has 2 aromatic heterocycles. The standard InChI is InChI=1S/C12H17N3O/c1-7(13)10-5-6-11(16-10)12-8(2)14-15(4)9(12)3/h5-7H,13H2,1-4H3. The first-order valence-electron chi connectivity index (χ1n) is 5.36. The van der Waals surface area contributed by atoms with Crippen molar-refractivity contribution < 1.29 is 4.42 Å². The largest absolute Gasteiger partial charge is 0.459 e. The highest BCUT2D eigenvalue weighted by Gasteiger charge is 2.15. The molecule has 4 heteroatoms. The van der Waals surface area contributed by atoms with Gasteiger partial charge in [0, 0.05) is 12.7 Å². The van der Waals surface area contributed by atoms with E-state index in [2.05, 4.69) is 5.10 Å². The van der Waals surface area contributed by atoms with Crippen molar-refractivity contribution in [3.05, 3.63) is 29.3 Å². The molecule has 0 spiro atoms. The van der Waals surface area contributed by atoms with Crippen LogP contribution in [-0.4, -0.2) is 9.78 Å². The summed E-state index contributed by atoms with van der Waals surface area (Å²) in [6, 6.07) is 3.80. The molecule has 0 aliphatic carbocycles. The summed E-state index contributed by atoms with van der Waals surface area (Å²) in [5.41, 5.74) is 8.91. The van der Waals surface area contributed by atoms with E-state index in [4.69, 9.17) is 10.2 Å². The summed E-state index contributed by atoms with van der Waals surface area (Å²) < 4.78 is 7.59. The number of rotatable bonds is 2. The molecule has 2 heterocycles. The molecule has 0 saturated carbocycles. The van der Waals surface area contributed by atoms with E-state index in [1.807, 2.05) is 44.6 Å². The van der Waals surface area contributed by atoms with Crippen LogP contribution < -0.4 is 5.73 Å². The van der Waals surface area contributed by atoms with Crippen molar-refractivity contribution >= 4 is 0 Å². The van der Waals surface area contributed by atoms with Crippen LogP contribution in [0.3, 0.4) is 0 Å². The molecular weight excluding hydrogens is 202 g/mol. The van der Waals surface area contributed by atoms with Crippen LogP contribution in [0.25, 0.3) is 11.3 Å². The number of furan rings is 1. The smallest absolute Gasteiger partial charge is 0.138 e. The summed E-state index contributed by atoms with van der Waals surface area (Å²) >= 11 is 0. The third-order valence-electron chi connectivity index (χ3n) is 2.83. The molecule has 0 radical (unpaired) electrons. The minimum atomic E-state index is -0.0777. The van der Waals surface area contributed by atoms with Crippen molar-refractivity contribution in [2.75, 3.05) is 0 Å². The highest BCUT2D eigenvalue weighted by Crippen LogP contribution is 2.29. The van der Waals surface area contributed by atoms with Gasteiger partial charge in [-0.3, -0.25) is 4.68 Å². The zero-order chi connectivity index (χ0) is 11.9. The predicted molar refractivity (Wildman–Crippen MR) is 63.0 cm³/mol. The van der Waals surface area contributed by atoms with Gasteiger partial charge in [-0.2, -0.15) is 5.10 Å². The van der Waals surface area contributed by atoms with Crippen molar-refractivity contribution in [1.82, 2.24) is 9.78 Å². The molecule has 86 valence electrons. The third kappa shape index (κ3) is 1.65. The van der Waals surface area contributed by atoms with Crippen LogP contribution in [0, 0.1) is 13.8 Å². The topological polar surface area (TPSA) is 57.0 Å². The molecule has 0 aliphatic heterocycles. The Labute approximate surface area is 95.1 Å². The molecule has 4 nitrogen and oxygen atoms in total. The van der Waals surface area contributed by atoms with Gasteiger partial charge in [0.05, 0.1) is 17.3 Å². The number of aryl methyl sites for hydroxylation is 2. The molecule has 2 N–H and O–H groups in total. The first-order chi connectivity index (χ1) is 7.50. The van der Waals surface area contributed by atoms with Crippen LogP contribution in [0.5, 0.6) is 0 Å². The van der Waals surface area contributed by atoms with Crippen LogP contribution in [0.1, 0.15) is 30.1 Å². The van der Waals surface area contributed by atoms with Gasteiger partial charge in [0.15, 0.2) is 0 Å². The Hall–Kier alpha value is -1.55. The van der Waals surface area contributed by atoms with Gasteiger partial charge in [-0.1, -0.05) is 0 Å². The van der Waals surface area contributed by atoms with E-state index >= 15 is 0 Å². The Balaban J connectivity index is 2.50. The number of hydrogen-bond donors (Lipinski definition) is 1. The SMILES string of the molecule is Cc1nn(C)c(C)c1-c1ccc(C(C)N)o1. The summed E-state index contributed by atoms with van der Waals surface area (Å²) in [6.45, 7) is 5.92. The monoisotopic (exact) mass is 219 g/mol. The normalized spacial score (nSPS) is 13.1. The van der Waals surface area contributed by atoms with E-state index in [9.17, 15) is 0 Å². The van der Waals surface area contributed by atoms with Crippen LogP contribution >= 0.6 is 0 Å². The zero-order valence-corrected chi connectivity index (χ0v) is 10.1. The van der Waals surface area contributed by atoms with Crippen molar-refractivity contribution in [3.63, 3.8) is 0 Å². The molecule has 1 unspecified atom stereocenters. The lowest BCUT2D eigenvalue weighted by Crippen LogP contribution is -2.02. The fraction of sp³-hybridized carbons (Fsp3) is 0.417. The van der Waals surface area contributed by atoms with Gasteiger partial charge >= 0.3 is 0 Å². The van der Waals surface area contributed by atoms with E-state index < -0.39 is 0 Å². The van der Waals surface area contributed by atoms with Gasteiger partial charge < -0.3 is 10.2 Å². The Morgan fingerprint density at radius 3 is 2.50 bits per heavy atom. The molecule has 0 amide bonds. The number of hydrogen-bond acceptors (Lipinski definition) is 3. The van der Waals surface area contributed by atoms with Gasteiger partial charge in [0.2, 0.25) is 0 Å². The van der Waals surface area contributed by atoms with E-state index in [-0.39, 0.29) is 6.04 Å². The zero-order valence-electron chi connectivity index (χ0n) is 10.1. The summed E-state index contributed by atoms with van der Waals surface area (Å²) in [6.07, 6.45) is 0. The van der Waals surface area contributed by atoms with Gasteiger partial charge in [0.25, 0.3) is 0 Å². The molecule has 0 saturated heterocycles. The Bertz CT molecular complexity index is 508. The molecule has 16 heavy (non-hydrogen) atoms. The first-order valence-corrected chi connectivity index (χ1v) is 5.36. The molecule has 0 aromatic carbocycles. The fourth-order valence-corrected chi connectivity index (χ4v) is 1.86. The molecule has 0 fully saturated rings. The molecule has 2 aromatic rings. The maximum atomic E-state index is 5.77. The number of nitrogens with zero attached hydrogens (tertiary/aromatic N) is 2. The van der Waals surface area contributed by atoms with Crippen LogP contribution in [0.2, 0.25) is 0 Å². The number of aromatic nitrogens is 2. The third-order valence-corrected chi connectivity index (χ3v) is 2.83. The fourth-order valence-electron chi connectivity index (χ4n) is 1.86. The summed E-state index contributed by atoms with van der Waals surface area (Å²) in [5.74, 6) is 1.65. The van der Waals surface area contributed by atoms with Gasteiger partial charge in [0.1, 0.15) is 11.5 Å². The quantitative estimate of drug-likeness (QED) is 0.843. The second-order valence-corrected chi connectivity index (χ2v) is 4.16. The average Bonchev–Trinajstić information content (AvgIpc) is 2.74. The molecule has 1 atom stereocenters. The van der Waals surface area contributed by atoms with Crippen molar-refractivity contribution in [2.24, 2.45) is 12.8 Å². The highest BCUT2D eigenvalue weighted by molar-refractivity contribution is 5.63. The van der Waals surface area contributed by atoms with Gasteiger partial charge in [-0.05, 0) is 32.9 Å². The molecule has 0 bridgehead atoms. The van der Waals surface area contributed by atoms with E-state index in [1.54, 1.807) is 0 Å². The van der Waals surface area contributed by atoms with Crippen LogP contribution in [-0.2, 0) is 7.05 Å². The molecule has 2 rings (SSSR count). The summed E-state index contributed by atoms with van der Waals surface area (Å²) in [4.78, 5) is 0. The lowest BCUT2D eigenvalue weighted by Gasteiger charge is -2.00. The second kappa shape index (κ2) is 3.79. The van der Waals surface area contributed by atoms with Crippen LogP contribution in [0.4, 0.5) is 0 Å². The summed E-state index contributed by atoms with van der Waals surface area (Å²) in [7, 11) is 1.93. The lowest BCUT2D eigenvalue weighted by molar-refractivity contribution is 0.490. The highest BCUT2D eigenvalue weighted by atomic mass is 16.3. The van der Waals surface area contributed by atoms with E-state index in [0.717, 1.165) is 28.5 Å². The minimum absolute atomic E-state index is 0.0777. The minimum Gasteiger partial charge on any atom is -0.459 e. The van der Waals surface area contributed by atoms with Gasteiger partial charge in [-0.25, -0.2) is 0 Å². The van der Waals surface area contributed by atoms with Gasteiger partial charge in [-0.15, -0.1) is 0 Å². The maximum absolute atomic E-state index is 5.77. The lowest BCUT2D eigenvalue weighted by atomic mass is 10.1. The summed E-state index contributed by atoms with van der Waals surface area (Å²) in [5, 5.41) is 4.37. The van der Waals surface area contributed by atoms with Crippen molar-refractivity contribution in [3.8, 4) is 11.3 Å². The molecule has 0 aliphatic rings. The Morgan fingerprint density at radius 2 is 2.06 bits per heavy atom. The average molecular weight is 219 g/mol. The Kier molecular flexibility index (Phi) is 2.59. The van der Waals surface area contributed by atoms with E-state index in [1.165, 1.54) is 0 Å². The maximum Gasteiger partial charge on any atom is 0.138 e.